The number of halogens is 1. The van der Waals surface area contributed by atoms with Crippen LogP contribution in [0.2, 0.25) is 5.02 Å². The number of anilines is 1. The van der Waals surface area contributed by atoms with Gasteiger partial charge in [0.05, 0.1) is 5.69 Å². The number of likely N-dealkylation sites (N-methyl/N-ethyl adjacent to an activating group) is 1. The Balaban J connectivity index is 1.82. The zero-order valence-electron chi connectivity index (χ0n) is 13.3. The van der Waals surface area contributed by atoms with Crippen LogP contribution in [0, 0.1) is 0 Å². The van der Waals surface area contributed by atoms with Gasteiger partial charge in [-0.05, 0) is 31.0 Å². The average Bonchev–Trinajstić information content (AvgIpc) is 3.08. The molecule has 1 aromatic carbocycles. The van der Waals surface area contributed by atoms with Crippen molar-refractivity contribution in [1.82, 2.24) is 4.90 Å². The van der Waals surface area contributed by atoms with Gasteiger partial charge in [0.2, 0.25) is 0 Å². The van der Waals surface area contributed by atoms with E-state index < -0.39 is 0 Å². The van der Waals surface area contributed by atoms with Crippen LogP contribution in [0.3, 0.4) is 0 Å². The summed E-state index contributed by atoms with van der Waals surface area (Å²) in [4.78, 5) is 18.5. The van der Waals surface area contributed by atoms with Crippen LogP contribution in [0.1, 0.15) is 32.1 Å². The SMILES string of the molecule is CN1C(=O)/C(=C2\Sc3ccc(Cl)cc3N2C2CCCCC2)SC1=S. The monoisotopic (exact) mass is 396 g/mol. The number of fused-ring (bicyclic) bond motifs is 1. The number of nitrogens with zero attached hydrogens (tertiary/aromatic N) is 2. The fraction of sp³-hybridized carbons (Fsp3) is 0.412. The minimum absolute atomic E-state index is 0.00668. The number of hydrogen-bond donors (Lipinski definition) is 0. The Morgan fingerprint density at radius 3 is 2.62 bits per heavy atom. The Morgan fingerprint density at radius 2 is 1.96 bits per heavy atom. The average molecular weight is 397 g/mol. The molecule has 0 aromatic heterocycles. The van der Waals surface area contributed by atoms with Gasteiger partial charge in [0.1, 0.15) is 14.3 Å². The lowest BCUT2D eigenvalue weighted by Gasteiger charge is -2.34. The third-order valence-electron chi connectivity index (χ3n) is 4.70. The van der Waals surface area contributed by atoms with Gasteiger partial charge >= 0.3 is 0 Å². The topological polar surface area (TPSA) is 23.6 Å². The third kappa shape index (κ3) is 2.77. The highest BCUT2D eigenvalue weighted by Crippen LogP contribution is 2.53. The molecule has 7 heteroatoms. The van der Waals surface area contributed by atoms with Gasteiger partial charge in [-0.25, -0.2) is 0 Å². The first kappa shape index (κ1) is 16.8. The van der Waals surface area contributed by atoms with Crippen LogP contribution < -0.4 is 4.90 Å². The molecular formula is C17H17ClN2OS3. The van der Waals surface area contributed by atoms with Gasteiger partial charge in [-0.15, -0.1) is 0 Å². The molecule has 24 heavy (non-hydrogen) atoms. The van der Waals surface area contributed by atoms with E-state index in [1.54, 1.807) is 23.7 Å². The second-order valence-electron chi connectivity index (χ2n) is 6.24. The summed E-state index contributed by atoms with van der Waals surface area (Å²) in [6, 6.07) is 6.43. The molecule has 2 aliphatic heterocycles. The summed E-state index contributed by atoms with van der Waals surface area (Å²) in [6.07, 6.45) is 6.09. The van der Waals surface area contributed by atoms with Crippen molar-refractivity contribution in [2.45, 2.75) is 43.0 Å². The van der Waals surface area contributed by atoms with Crippen molar-refractivity contribution < 1.29 is 4.79 Å². The van der Waals surface area contributed by atoms with Gasteiger partial charge in [-0.1, -0.05) is 66.6 Å². The number of thioether (sulfide) groups is 2. The molecule has 1 aliphatic carbocycles. The fourth-order valence-electron chi connectivity index (χ4n) is 3.46. The molecule has 126 valence electrons. The number of rotatable bonds is 1. The van der Waals surface area contributed by atoms with E-state index in [1.807, 2.05) is 12.1 Å². The Morgan fingerprint density at radius 1 is 1.21 bits per heavy atom. The van der Waals surface area contributed by atoms with Crippen LogP contribution in [0.5, 0.6) is 0 Å². The normalized spacial score (nSPS) is 24.9. The summed E-state index contributed by atoms with van der Waals surface area (Å²) in [7, 11) is 1.75. The summed E-state index contributed by atoms with van der Waals surface area (Å²) in [5.41, 5.74) is 1.13. The Labute approximate surface area is 160 Å². The largest absolute Gasteiger partial charge is 0.331 e. The molecule has 3 aliphatic rings. The third-order valence-corrected chi connectivity index (χ3v) is 7.77. The van der Waals surface area contributed by atoms with Gasteiger partial charge in [-0.3, -0.25) is 9.69 Å². The smallest absolute Gasteiger partial charge is 0.268 e. The zero-order valence-corrected chi connectivity index (χ0v) is 16.5. The van der Waals surface area contributed by atoms with E-state index in [0.29, 0.717) is 10.4 Å². The molecule has 0 spiro atoms. The van der Waals surface area contributed by atoms with E-state index in [1.165, 1.54) is 35.9 Å². The van der Waals surface area contributed by atoms with Crippen LogP contribution in [-0.2, 0) is 4.79 Å². The van der Waals surface area contributed by atoms with E-state index in [9.17, 15) is 4.79 Å². The molecule has 0 unspecified atom stereocenters. The molecule has 2 fully saturated rings. The van der Waals surface area contributed by atoms with Gasteiger partial charge in [0.15, 0.2) is 0 Å². The van der Waals surface area contributed by atoms with Crippen molar-refractivity contribution in [3.8, 4) is 0 Å². The van der Waals surface area contributed by atoms with Crippen molar-refractivity contribution in [3.05, 3.63) is 33.2 Å². The molecule has 1 aromatic rings. The van der Waals surface area contributed by atoms with Gasteiger partial charge in [-0.2, -0.15) is 0 Å². The lowest BCUT2D eigenvalue weighted by Crippen LogP contribution is -2.34. The summed E-state index contributed by atoms with van der Waals surface area (Å²) in [5.74, 6) is 0.00668. The van der Waals surface area contributed by atoms with Gasteiger partial charge < -0.3 is 4.90 Å². The summed E-state index contributed by atoms with van der Waals surface area (Å²) < 4.78 is 0.626. The summed E-state index contributed by atoms with van der Waals surface area (Å²) in [6.45, 7) is 0. The maximum absolute atomic E-state index is 12.6. The molecule has 0 atom stereocenters. The lowest BCUT2D eigenvalue weighted by atomic mass is 9.94. The molecule has 1 saturated heterocycles. The second kappa shape index (κ2) is 6.56. The number of carbonyl (C=O) groups is 1. The quantitative estimate of drug-likeness (QED) is 0.477. The van der Waals surface area contributed by atoms with E-state index in [-0.39, 0.29) is 5.91 Å². The number of hydrogen-bond acceptors (Lipinski definition) is 5. The first-order valence-corrected chi connectivity index (χ1v) is 10.5. The van der Waals surface area contributed by atoms with Crippen LogP contribution in [0.15, 0.2) is 33.0 Å². The van der Waals surface area contributed by atoms with Crippen molar-refractivity contribution >= 4 is 63.3 Å². The number of thiocarbonyl (C=S) groups is 1. The maximum atomic E-state index is 12.6. The number of amides is 1. The summed E-state index contributed by atoms with van der Waals surface area (Å²) >= 11 is 14.7. The van der Waals surface area contributed by atoms with E-state index in [4.69, 9.17) is 23.8 Å². The standard InChI is InChI=1S/C17H17ClN2OS3/c1-19-15(21)14(24-17(19)22)16-20(11-5-3-2-4-6-11)12-9-10(18)7-8-13(12)23-16/h7-9,11H,2-6H2,1H3/b16-14+. The predicted octanol–water partition coefficient (Wildman–Crippen LogP) is 5.24. The molecule has 0 N–H and O–H groups in total. The molecule has 0 bridgehead atoms. The molecule has 4 rings (SSSR count). The second-order valence-corrected chi connectivity index (χ2v) is 9.35. The van der Waals surface area contributed by atoms with Crippen LogP contribution in [0.25, 0.3) is 0 Å². The van der Waals surface area contributed by atoms with Gasteiger partial charge in [0, 0.05) is 23.0 Å². The predicted molar refractivity (Wildman–Crippen MR) is 107 cm³/mol. The van der Waals surface area contributed by atoms with Gasteiger partial charge in [0.25, 0.3) is 5.91 Å². The lowest BCUT2D eigenvalue weighted by molar-refractivity contribution is -0.121. The number of benzene rings is 1. The van der Waals surface area contributed by atoms with Crippen molar-refractivity contribution in [2.75, 3.05) is 11.9 Å². The minimum atomic E-state index is 0.00668. The van der Waals surface area contributed by atoms with E-state index in [2.05, 4.69) is 11.0 Å². The highest BCUT2D eigenvalue weighted by atomic mass is 35.5. The fourth-order valence-corrected chi connectivity index (χ4v) is 6.14. The molecule has 1 amide bonds. The van der Waals surface area contributed by atoms with Crippen molar-refractivity contribution in [1.29, 1.82) is 0 Å². The molecule has 0 radical (unpaired) electrons. The van der Waals surface area contributed by atoms with Crippen molar-refractivity contribution in [3.63, 3.8) is 0 Å². The van der Waals surface area contributed by atoms with Crippen molar-refractivity contribution in [2.24, 2.45) is 0 Å². The molecule has 1 saturated carbocycles. The Bertz CT molecular complexity index is 758. The summed E-state index contributed by atoms with van der Waals surface area (Å²) in [5, 5.41) is 1.76. The molecular weight excluding hydrogens is 380 g/mol. The Kier molecular flexibility index (Phi) is 4.58. The Hall–Kier alpha value is -0.690. The molecule has 3 nitrogen and oxygen atoms in total. The highest BCUT2D eigenvalue weighted by molar-refractivity contribution is 8.27. The van der Waals surface area contributed by atoms with E-state index >= 15 is 0 Å². The maximum Gasteiger partial charge on any atom is 0.268 e. The van der Waals surface area contributed by atoms with Crippen LogP contribution in [-0.4, -0.2) is 28.2 Å². The van der Waals surface area contributed by atoms with Crippen LogP contribution in [0.4, 0.5) is 5.69 Å². The first-order valence-electron chi connectivity index (χ1n) is 8.07. The minimum Gasteiger partial charge on any atom is -0.331 e. The van der Waals surface area contributed by atoms with E-state index in [0.717, 1.165) is 33.5 Å². The molecule has 2 heterocycles. The highest BCUT2D eigenvalue weighted by Gasteiger charge is 2.40. The zero-order chi connectivity index (χ0) is 16.8. The van der Waals surface area contributed by atoms with Crippen LogP contribution >= 0.6 is 47.3 Å². The number of carbonyl (C=O) groups excluding carboxylic acids is 1. The first-order chi connectivity index (χ1) is 11.6.